The first-order chi connectivity index (χ1) is 8.76. The summed E-state index contributed by atoms with van der Waals surface area (Å²) in [6.45, 7) is 7.07. The van der Waals surface area contributed by atoms with Crippen molar-refractivity contribution in [1.82, 2.24) is 4.90 Å². The molecule has 0 amide bonds. The number of hydrogen-bond acceptors (Lipinski definition) is 1. The minimum Gasteiger partial charge on any atom is -0.300 e. The van der Waals surface area contributed by atoms with Crippen LogP contribution in [0.25, 0.3) is 0 Å². The Balaban J connectivity index is 0.00000180. The molecule has 1 unspecified atom stereocenters. The number of halogens is 2. The lowest BCUT2D eigenvalue weighted by atomic mass is 9.87. The predicted octanol–water partition coefficient (Wildman–Crippen LogP) is 4.85. The number of rotatable bonds is 5. The zero-order valence-corrected chi connectivity index (χ0v) is 14.4. The summed E-state index contributed by atoms with van der Waals surface area (Å²) < 4.78 is 1.30. The zero-order valence-electron chi connectivity index (χ0n) is 12.0. The molecule has 0 spiro atoms. The van der Waals surface area contributed by atoms with Crippen LogP contribution in [0, 0.1) is 0 Å². The second-order valence-electron chi connectivity index (χ2n) is 5.31. The fraction of sp³-hybridized carbons (Fsp3) is 0.625. The third-order valence-corrected chi connectivity index (χ3v) is 4.68. The summed E-state index contributed by atoms with van der Waals surface area (Å²) in [4.78, 5) is 2.70. The third-order valence-electron chi connectivity index (χ3n) is 3.94. The van der Waals surface area contributed by atoms with Crippen molar-refractivity contribution in [3.63, 3.8) is 0 Å². The van der Waals surface area contributed by atoms with Crippen LogP contribution < -0.4 is 0 Å². The Bertz CT molecular complexity index is 388. The van der Waals surface area contributed by atoms with Gasteiger partial charge in [-0.25, -0.2) is 0 Å². The normalized spacial score (nSPS) is 18.0. The Morgan fingerprint density at radius 3 is 2.53 bits per heavy atom. The molecule has 0 fully saturated rings. The molecule has 0 radical (unpaired) electrons. The monoisotopic (exact) mass is 345 g/mol. The molecule has 0 bridgehead atoms. The van der Waals surface area contributed by atoms with Crippen molar-refractivity contribution in [2.75, 3.05) is 13.1 Å². The van der Waals surface area contributed by atoms with Crippen LogP contribution in [0.5, 0.6) is 0 Å². The highest BCUT2D eigenvalue weighted by atomic mass is 79.9. The van der Waals surface area contributed by atoms with Gasteiger partial charge in [-0.15, -0.1) is 12.4 Å². The van der Waals surface area contributed by atoms with Crippen molar-refractivity contribution >= 4 is 28.3 Å². The Labute approximate surface area is 132 Å². The number of aryl methyl sites for hydroxylation is 1. The van der Waals surface area contributed by atoms with Crippen LogP contribution in [0.1, 0.15) is 44.2 Å². The van der Waals surface area contributed by atoms with Crippen molar-refractivity contribution in [2.24, 2.45) is 0 Å². The second-order valence-corrected chi connectivity index (χ2v) is 6.16. The molecule has 1 aromatic carbocycles. The molecule has 3 heteroatoms. The van der Waals surface area contributed by atoms with Crippen molar-refractivity contribution < 1.29 is 0 Å². The standard InChI is InChI=1S/C16H24BrN.ClH/c1-3-10-18(11-4-2)14-9-8-13-6-5-7-16(17)15(13)12-14;/h5-7,14H,3-4,8-12H2,1-2H3;1H. The Hall–Kier alpha value is -0.0500. The molecule has 0 saturated carbocycles. The van der Waals surface area contributed by atoms with Crippen LogP contribution in [0.2, 0.25) is 0 Å². The first-order valence-electron chi connectivity index (χ1n) is 7.26. The second kappa shape index (κ2) is 8.28. The Morgan fingerprint density at radius 1 is 1.21 bits per heavy atom. The summed E-state index contributed by atoms with van der Waals surface area (Å²) in [6, 6.07) is 7.39. The molecule has 1 aliphatic rings. The molecular formula is C16H25BrClN. The Kier molecular flexibility index (Phi) is 7.41. The molecule has 1 nitrogen and oxygen atoms in total. The Morgan fingerprint density at radius 2 is 1.89 bits per heavy atom. The zero-order chi connectivity index (χ0) is 13.0. The van der Waals surface area contributed by atoms with Crippen LogP contribution >= 0.6 is 28.3 Å². The summed E-state index contributed by atoms with van der Waals surface area (Å²) in [6.07, 6.45) is 6.31. The quantitative estimate of drug-likeness (QED) is 0.736. The lowest BCUT2D eigenvalue weighted by Crippen LogP contribution is -2.40. The van der Waals surface area contributed by atoms with Gasteiger partial charge in [0.25, 0.3) is 0 Å². The van der Waals surface area contributed by atoms with Crippen LogP contribution in [-0.2, 0) is 12.8 Å². The van der Waals surface area contributed by atoms with Gasteiger partial charge in [-0.05, 0) is 62.4 Å². The minimum absolute atomic E-state index is 0. The average Bonchev–Trinajstić information content (AvgIpc) is 2.39. The lowest BCUT2D eigenvalue weighted by Gasteiger charge is -2.35. The number of benzene rings is 1. The number of nitrogens with zero attached hydrogens (tertiary/aromatic N) is 1. The highest BCUT2D eigenvalue weighted by Gasteiger charge is 2.24. The molecule has 0 aromatic heterocycles. The van der Waals surface area contributed by atoms with E-state index < -0.39 is 0 Å². The summed E-state index contributed by atoms with van der Waals surface area (Å²) >= 11 is 3.72. The van der Waals surface area contributed by atoms with E-state index in [0.29, 0.717) is 0 Å². The molecule has 0 saturated heterocycles. The van der Waals surface area contributed by atoms with Gasteiger partial charge in [0.05, 0.1) is 0 Å². The van der Waals surface area contributed by atoms with Crippen LogP contribution in [0.15, 0.2) is 22.7 Å². The fourth-order valence-electron chi connectivity index (χ4n) is 3.09. The van der Waals surface area contributed by atoms with Crippen molar-refractivity contribution in [2.45, 2.75) is 52.0 Å². The van der Waals surface area contributed by atoms with Crippen molar-refractivity contribution in [3.8, 4) is 0 Å². The van der Waals surface area contributed by atoms with E-state index in [-0.39, 0.29) is 12.4 Å². The topological polar surface area (TPSA) is 3.24 Å². The smallest absolute Gasteiger partial charge is 0.0210 e. The molecule has 0 N–H and O–H groups in total. The molecule has 2 rings (SSSR count). The van der Waals surface area contributed by atoms with Crippen molar-refractivity contribution in [1.29, 1.82) is 0 Å². The van der Waals surface area contributed by atoms with E-state index in [4.69, 9.17) is 0 Å². The number of hydrogen-bond donors (Lipinski definition) is 0. The SMILES string of the molecule is CCCN(CCC)C1CCc2cccc(Br)c2C1.Cl. The van der Waals surface area contributed by atoms with Gasteiger partial charge in [-0.3, -0.25) is 0 Å². The summed E-state index contributed by atoms with van der Waals surface area (Å²) in [5.41, 5.74) is 3.10. The summed E-state index contributed by atoms with van der Waals surface area (Å²) in [5.74, 6) is 0. The van der Waals surface area contributed by atoms with Crippen LogP contribution in [0.4, 0.5) is 0 Å². The molecule has 19 heavy (non-hydrogen) atoms. The van der Waals surface area contributed by atoms with Gasteiger partial charge in [0.1, 0.15) is 0 Å². The van der Waals surface area contributed by atoms with Crippen LogP contribution in [0.3, 0.4) is 0 Å². The third kappa shape index (κ3) is 4.21. The van der Waals surface area contributed by atoms with E-state index >= 15 is 0 Å². The van der Waals surface area contributed by atoms with Gasteiger partial charge in [-0.1, -0.05) is 41.9 Å². The van der Waals surface area contributed by atoms with E-state index in [1.54, 1.807) is 11.1 Å². The van der Waals surface area contributed by atoms with Crippen molar-refractivity contribution in [3.05, 3.63) is 33.8 Å². The van der Waals surface area contributed by atoms with E-state index in [0.717, 1.165) is 6.04 Å². The summed E-state index contributed by atoms with van der Waals surface area (Å²) in [7, 11) is 0. The molecular weight excluding hydrogens is 322 g/mol. The predicted molar refractivity (Wildman–Crippen MR) is 89.4 cm³/mol. The maximum Gasteiger partial charge on any atom is 0.0210 e. The largest absolute Gasteiger partial charge is 0.300 e. The van der Waals surface area contributed by atoms with E-state index in [1.165, 1.54) is 49.7 Å². The highest BCUT2D eigenvalue weighted by Crippen LogP contribution is 2.30. The van der Waals surface area contributed by atoms with Crippen LogP contribution in [-0.4, -0.2) is 24.0 Å². The fourth-order valence-corrected chi connectivity index (χ4v) is 3.66. The number of fused-ring (bicyclic) bond motifs is 1. The van der Waals surface area contributed by atoms with E-state index in [2.05, 4.69) is 52.9 Å². The highest BCUT2D eigenvalue weighted by molar-refractivity contribution is 9.10. The molecule has 108 valence electrons. The average molecular weight is 347 g/mol. The molecule has 1 atom stereocenters. The van der Waals surface area contributed by atoms with E-state index in [1.807, 2.05) is 0 Å². The maximum absolute atomic E-state index is 3.72. The molecule has 0 aliphatic heterocycles. The first kappa shape index (κ1) is 17.0. The van der Waals surface area contributed by atoms with Gasteiger partial charge >= 0.3 is 0 Å². The maximum atomic E-state index is 3.72. The molecule has 0 heterocycles. The van der Waals surface area contributed by atoms with Gasteiger partial charge in [0, 0.05) is 10.5 Å². The van der Waals surface area contributed by atoms with Gasteiger partial charge in [0.15, 0.2) is 0 Å². The minimum atomic E-state index is 0. The summed E-state index contributed by atoms with van der Waals surface area (Å²) in [5, 5.41) is 0. The van der Waals surface area contributed by atoms with E-state index in [9.17, 15) is 0 Å². The lowest BCUT2D eigenvalue weighted by molar-refractivity contribution is 0.180. The first-order valence-corrected chi connectivity index (χ1v) is 8.05. The van der Waals surface area contributed by atoms with Gasteiger partial charge in [-0.2, -0.15) is 0 Å². The van der Waals surface area contributed by atoms with Gasteiger partial charge in [0.2, 0.25) is 0 Å². The molecule has 1 aromatic rings. The van der Waals surface area contributed by atoms with Gasteiger partial charge < -0.3 is 4.90 Å². The molecule has 1 aliphatic carbocycles.